The molecule has 0 amide bonds. The van der Waals surface area contributed by atoms with Crippen molar-refractivity contribution in [1.82, 2.24) is 4.72 Å². The molecule has 118 valence electrons. The van der Waals surface area contributed by atoms with E-state index in [0.29, 0.717) is 5.92 Å². The van der Waals surface area contributed by atoms with Gasteiger partial charge in [0, 0.05) is 6.04 Å². The van der Waals surface area contributed by atoms with Gasteiger partial charge in [-0.3, -0.25) is 0 Å². The smallest absolute Gasteiger partial charge is 0.245 e. The number of hydrogen-bond acceptors (Lipinski definition) is 3. The minimum absolute atomic E-state index is 0.0561. The third kappa shape index (κ3) is 3.55. The number of nitrogens with two attached hydrogens (primary N) is 1. The van der Waals surface area contributed by atoms with Gasteiger partial charge in [0.25, 0.3) is 0 Å². The molecular formula is C15H23FN2O2S. The van der Waals surface area contributed by atoms with Crippen LogP contribution in [0.3, 0.4) is 0 Å². The fourth-order valence-corrected chi connectivity index (χ4v) is 4.68. The number of nitrogens with one attached hydrogen (secondary N) is 1. The second-order valence-electron chi connectivity index (χ2n) is 6.08. The van der Waals surface area contributed by atoms with Gasteiger partial charge in [-0.1, -0.05) is 32.8 Å². The van der Waals surface area contributed by atoms with Crippen LogP contribution in [-0.4, -0.2) is 14.5 Å². The van der Waals surface area contributed by atoms with Crippen molar-refractivity contribution < 1.29 is 12.8 Å². The summed E-state index contributed by atoms with van der Waals surface area (Å²) >= 11 is 0. The highest BCUT2D eigenvalue weighted by Crippen LogP contribution is 2.32. The lowest BCUT2D eigenvalue weighted by Crippen LogP contribution is -2.44. The maximum Gasteiger partial charge on any atom is 0.245 e. The molecule has 6 heteroatoms. The van der Waals surface area contributed by atoms with E-state index in [9.17, 15) is 12.8 Å². The fourth-order valence-electron chi connectivity index (χ4n) is 3.17. The number of benzene rings is 1. The first-order valence-electron chi connectivity index (χ1n) is 7.39. The predicted molar refractivity (Wildman–Crippen MR) is 81.7 cm³/mol. The van der Waals surface area contributed by atoms with Gasteiger partial charge in [0.2, 0.25) is 10.0 Å². The summed E-state index contributed by atoms with van der Waals surface area (Å²) in [5.74, 6) is -0.142. The molecule has 0 saturated heterocycles. The van der Waals surface area contributed by atoms with Crippen LogP contribution >= 0.6 is 0 Å². The van der Waals surface area contributed by atoms with Crippen LogP contribution in [0.5, 0.6) is 0 Å². The van der Waals surface area contributed by atoms with Gasteiger partial charge in [-0.25, -0.2) is 17.5 Å². The van der Waals surface area contributed by atoms with E-state index in [1.54, 1.807) is 0 Å². The van der Waals surface area contributed by atoms with E-state index in [1.165, 1.54) is 12.1 Å². The quantitative estimate of drug-likeness (QED) is 0.839. The summed E-state index contributed by atoms with van der Waals surface area (Å²) in [7, 11) is -3.94. The molecule has 0 bridgehead atoms. The van der Waals surface area contributed by atoms with E-state index in [-0.39, 0.29) is 17.6 Å². The molecule has 0 heterocycles. The first kappa shape index (κ1) is 16.2. The van der Waals surface area contributed by atoms with Crippen LogP contribution in [0.1, 0.15) is 39.5 Å². The van der Waals surface area contributed by atoms with Crippen molar-refractivity contribution in [3.05, 3.63) is 24.0 Å². The Morgan fingerprint density at radius 1 is 1.29 bits per heavy atom. The molecule has 1 fully saturated rings. The summed E-state index contributed by atoms with van der Waals surface area (Å²) in [6, 6.07) is 3.77. The molecule has 0 aliphatic heterocycles. The highest BCUT2D eigenvalue weighted by molar-refractivity contribution is 7.89. The minimum atomic E-state index is -3.94. The van der Waals surface area contributed by atoms with E-state index in [4.69, 9.17) is 5.73 Å². The molecule has 1 aromatic carbocycles. The number of rotatable bonds is 4. The van der Waals surface area contributed by atoms with Crippen LogP contribution < -0.4 is 10.5 Å². The van der Waals surface area contributed by atoms with Gasteiger partial charge in [-0.2, -0.15) is 0 Å². The lowest BCUT2D eigenvalue weighted by atomic mass is 9.78. The third-order valence-corrected chi connectivity index (χ3v) is 5.83. The summed E-state index contributed by atoms with van der Waals surface area (Å²) < 4.78 is 41.5. The monoisotopic (exact) mass is 314 g/mol. The van der Waals surface area contributed by atoms with Crippen LogP contribution in [0, 0.1) is 17.7 Å². The summed E-state index contributed by atoms with van der Waals surface area (Å²) in [4.78, 5) is -0.432. The second kappa shape index (κ2) is 6.32. The zero-order valence-electron chi connectivity index (χ0n) is 12.5. The molecule has 1 aliphatic carbocycles. The Morgan fingerprint density at radius 3 is 2.57 bits per heavy atom. The largest absolute Gasteiger partial charge is 0.398 e. The second-order valence-corrected chi connectivity index (χ2v) is 7.73. The maximum absolute atomic E-state index is 13.9. The Labute approximate surface area is 126 Å². The number of nitrogen functional groups attached to an aromatic ring is 1. The number of anilines is 1. The summed E-state index contributed by atoms with van der Waals surface area (Å²) in [5.41, 5.74) is 5.59. The number of hydrogen-bond donors (Lipinski definition) is 2. The van der Waals surface area contributed by atoms with Gasteiger partial charge in [-0.05, 0) is 36.8 Å². The van der Waals surface area contributed by atoms with Gasteiger partial charge in [0.1, 0.15) is 10.7 Å². The molecule has 2 atom stereocenters. The molecule has 0 aromatic heterocycles. The Bertz CT molecular complexity index is 581. The Hall–Kier alpha value is -1.14. The Kier molecular flexibility index (Phi) is 4.88. The first-order valence-corrected chi connectivity index (χ1v) is 8.87. The van der Waals surface area contributed by atoms with E-state index >= 15 is 0 Å². The van der Waals surface area contributed by atoms with E-state index in [2.05, 4.69) is 18.6 Å². The van der Waals surface area contributed by atoms with Crippen molar-refractivity contribution >= 4 is 15.7 Å². The zero-order chi connectivity index (χ0) is 15.6. The molecule has 0 radical (unpaired) electrons. The Morgan fingerprint density at radius 2 is 1.95 bits per heavy atom. The van der Waals surface area contributed by atoms with Crippen molar-refractivity contribution in [2.45, 2.75) is 50.5 Å². The minimum Gasteiger partial charge on any atom is -0.398 e. The van der Waals surface area contributed by atoms with Gasteiger partial charge in [0.05, 0.1) is 5.69 Å². The van der Waals surface area contributed by atoms with Gasteiger partial charge in [-0.15, -0.1) is 0 Å². The van der Waals surface area contributed by atoms with Crippen molar-refractivity contribution in [1.29, 1.82) is 0 Å². The first-order chi connectivity index (χ1) is 9.83. The normalized spacial score (nSPS) is 23.4. The summed E-state index contributed by atoms with van der Waals surface area (Å²) in [6.45, 7) is 4.18. The molecule has 4 nitrogen and oxygen atoms in total. The standard InChI is InChI=1S/C15H23FN2O2S/c1-10(2)11-6-3-4-9-14(11)18-21(19,20)15-12(16)7-5-8-13(15)17/h5,7-8,10-11,14,18H,3-4,6,9,17H2,1-2H3. The number of sulfonamides is 1. The zero-order valence-corrected chi connectivity index (χ0v) is 13.3. The van der Waals surface area contributed by atoms with Crippen molar-refractivity contribution in [2.24, 2.45) is 11.8 Å². The van der Waals surface area contributed by atoms with E-state index < -0.39 is 20.7 Å². The highest BCUT2D eigenvalue weighted by Gasteiger charge is 2.32. The fraction of sp³-hybridized carbons (Fsp3) is 0.600. The van der Waals surface area contributed by atoms with Gasteiger partial charge in [0.15, 0.2) is 0 Å². The predicted octanol–water partition coefficient (Wildman–Crippen LogP) is 2.90. The van der Waals surface area contributed by atoms with Crippen molar-refractivity contribution in [3.63, 3.8) is 0 Å². The van der Waals surface area contributed by atoms with E-state index in [0.717, 1.165) is 31.7 Å². The van der Waals surface area contributed by atoms with Gasteiger partial charge < -0.3 is 5.73 Å². The summed E-state index contributed by atoms with van der Waals surface area (Å²) in [6.07, 6.45) is 3.89. The molecule has 1 aromatic rings. The number of halogens is 1. The van der Waals surface area contributed by atoms with Crippen LogP contribution in [0.2, 0.25) is 0 Å². The molecule has 2 unspecified atom stereocenters. The topological polar surface area (TPSA) is 72.2 Å². The maximum atomic E-state index is 13.9. The third-order valence-electron chi connectivity index (χ3n) is 4.25. The average molecular weight is 314 g/mol. The molecule has 0 spiro atoms. The van der Waals surface area contributed by atoms with Crippen LogP contribution in [-0.2, 0) is 10.0 Å². The van der Waals surface area contributed by atoms with Crippen molar-refractivity contribution in [2.75, 3.05) is 5.73 Å². The van der Waals surface area contributed by atoms with Crippen LogP contribution in [0.25, 0.3) is 0 Å². The lowest BCUT2D eigenvalue weighted by Gasteiger charge is -2.34. The molecule has 1 saturated carbocycles. The SMILES string of the molecule is CC(C)C1CCCCC1NS(=O)(=O)c1c(N)cccc1F. The van der Waals surface area contributed by atoms with Crippen LogP contribution in [0.4, 0.5) is 10.1 Å². The Balaban J connectivity index is 2.28. The molecule has 3 N–H and O–H groups in total. The lowest BCUT2D eigenvalue weighted by molar-refractivity contribution is 0.226. The summed E-state index contributed by atoms with van der Waals surface area (Å²) in [5, 5.41) is 0. The van der Waals surface area contributed by atoms with E-state index in [1.807, 2.05) is 0 Å². The molecule has 21 heavy (non-hydrogen) atoms. The molecule has 2 rings (SSSR count). The average Bonchev–Trinajstić information content (AvgIpc) is 2.37. The molecule has 1 aliphatic rings. The molecular weight excluding hydrogens is 291 g/mol. The van der Waals surface area contributed by atoms with Gasteiger partial charge >= 0.3 is 0 Å². The highest BCUT2D eigenvalue weighted by atomic mass is 32.2. The van der Waals surface area contributed by atoms with Crippen molar-refractivity contribution in [3.8, 4) is 0 Å². The van der Waals surface area contributed by atoms with Crippen LogP contribution in [0.15, 0.2) is 23.1 Å².